The number of ether oxygens (including phenoxy) is 1. The molecule has 0 saturated carbocycles. The van der Waals surface area contributed by atoms with Gasteiger partial charge in [0, 0.05) is 11.1 Å². The van der Waals surface area contributed by atoms with E-state index in [1.807, 2.05) is 54.6 Å². The lowest BCUT2D eigenvalue weighted by molar-refractivity contribution is -0.133. The fourth-order valence-electron chi connectivity index (χ4n) is 2.22. The molecule has 0 unspecified atom stereocenters. The topological polar surface area (TPSA) is 72.6 Å². The third-order valence-electron chi connectivity index (χ3n) is 3.33. The van der Waals surface area contributed by atoms with Crippen LogP contribution in [0.25, 0.3) is 22.6 Å². The van der Waals surface area contributed by atoms with Crippen LogP contribution in [0.3, 0.4) is 0 Å². The number of hydrogen-bond donors (Lipinski definition) is 1. The highest BCUT2D eigenvalue weighted by molar-refractivity contribution is 7.99. The normalized spacial score (nSPS) is 10.5. The van der Waals surface area contributed by atoms with Crippen molar-refractivity contribution in [3.63, 3.8) is 0 Å². The average Bonchev–Trinajstić information content (AvgIpc) is 3.05. The van der Waals surface area contributed by atoms with Gasteiger partial charge >= 0.3 is 5.97 Å². The average molecular weight is 341 g/mol. The van der Waals surface area contributed by atoms with Crippen molar-refractivity contribution in [3.8, 4) is 28.3 Å². The van der Waals surface area contributed by atoms with E-state index in [0.717, 1.165) is 28.6 Å². The molecule has 0 radical (unpaired) electrons. The molecule has 2 aromatic carbocycles. The third-order valence-corrected chi connectivity index (χ3v) is 4.14. The molecule has 3 rings (SSSR count). The highest BCUT2D eigenvalue weighted by Crippen LogP contribution is 2.36. The van der Waals surface area contributed by atoms with Crippen LogP contribution in [0.4, 0.5) is 0 Å². The zero-order chi connectivity index (χ0) is 16.9. The van der Waals surface area contributed by atoms with Gasteiger partial charge in [-0.2, -0.15) is 0 Å². The minimum Gasteiger partial charge on any atom is -0.497 e. The zero-order valence-corrected chi connectivity index (χ0v) is 13.7. The summed E-state index contributed by atoms with van der Waals surface area (Å²) >= 11 is 1.06. The number of carboxylic acid groups (broad SMARTS) is 1. The molecule has 24 heavy (non-hydrogen) atoms. The van der Waals surface area contributed by atoms with Gasteiger partial charge in [-0.25, -0.2) is 4.98 Å². The number of benzene rings is 2. The largest absolute Gasteiger partial charge is 0.497 e. The summed E-state index contributed by atoms with van der Waals surface area (Å²) in [6.07, 6.45) is 0. The maximum absolute atomic E-state index is 10.8. The van der Waals surface area contributed by atoms with Crippen molar-refractivity contribution in [2.24, 2.45) is 0 Å². The van der Waals surface area contributed by atoms with Crippen LogP contribution in [0.5, 0.6) is 5.75 Å². The minimum absolute atomic E-state index is 0.100. The number of carbonyl (C=O) groups is 1. The number of nitrogens with zero attached hydrogens (tertiary/aromatic N) is 1. The van der Waals surface area contributed by atoms with Crippen molar-refractivity contribution >= 4 is 17.7 Å². The van der Waals surface area contributed by atoms with Crippen molar-refractivity contribution in [2.45, 2.75) is 5.22 Å². The summed E-state index contributed by atoms with van der Waals surface area (Å²) in [6.45, 7) is 0. The lowest BCUT2D eigenvalue weighted by Crippen LogP contribution is -1.97. The fraction of sp³-hybridized carbons (Fsp3) is 0.111. The Labute approximate surface area is 143 Å². The Morgan fingerprint density at radius 1 is 1.12 bits per heavy atom. The first-order chi connectivity index (χ1) is 11.7. The van der Waals surface area contributed by atoms with Gasteiger partial charge in [-0.3, -0.25) is 4.79 Å². The predicted octanol–water partition coefficient (Wildman–Crippen LogP) is 4.19. The monoisotopic (exact) mass is 341 g/mol. The van der Waals surface area contributed by atoms with Gasteiger partial charge in [0.05, 0.1) is 7.11 Å². The van der Waals surface area contributed by atoms with Crippen molar-refractivity contribution in [2.75, 3.05) is 12.9 Å². The SMILES string of the molecule is COc1ccc(-c2nc(SCC(=O)O)oc2-c2ccccc2)cc1. The second-order valence-corrected chi connectivity index (χ2v) is 5.86. The van der Waals surface area contributed by atoms with Gasteiger partial charge in [-0.1, -0.05) is 42.1 Å². The summed E-state index contributed by atoms with van der Waals surface area (Å²) in [4.78, 5) is 15.2. The molecule has 0 atom stereocenters. The van der Waals surface area contributed by atoms with Crippen LogP contribution < -0.4 is 4.74 Å². The van der Waals surface area contributed by atoms with E-state index in [4.69, 9.17) is 14.3 Å². The van der Waals surface area contributed by atoms with Crippen LogP contribution in [-0.2, 0) is 4.79 Å². The first-order valence-corrected chi connectivity index (χ1v) is 8.21. The molecule has 1 heterocycles. The van der Waals surface area contributed by atoms with Gasteiger partial charge in [0.1, 0.15) is 17.2 Å². The molecule has 6 heteroatoms. The smallest absolute Gasteiger partial charge is 0.314 e. The second-order valence-electron chi connectivity index (χ2n) is 4.93. The van der Waals surface area contributed by atoms with Gasteiger partial charge in [-0.15, -0.1) is 0 Å². The number of carboxylic acids is 1. The van der Waals surface area contributed by atoms with Crippen molar-refractivity contribution in [1.82, 2.24) is 4.98 Å². The molecule has 1 aromatic heterocycles. The number of methoxy groups -OCH3 is 1. The highest BCUT2D eigenvalue weighted by atomic mass is 32.2. The number of oxazole rings is 1. The van der Waals surface area contributed by atoms with Gasteiger partial charge in [0.2, 0.25) is 0 Å². The Bertz CT molecular complexity index is 828. The number of hydrogen-bond acceptors (Lipinski definition) is 5. The standard InChI is InChI=1S/C18H15NO4S/c1-22-14-9-7-12(8-10-14)16-17(13-5-3-2-4-6-13)23-18(19-16)24-11-15(20)21/h2-10H,11H2,1H3,(H,20,21). The van der Waals surface area contributed by atoms with E-state index in [1.54, 1.807) is 7.11 Å². The molecule has 0 bridgehead atoms. The molecule has 0 saturated heterocycles. The van der Waals surface area contributed by atoms with Crippen molar-refractivity contribution in [3.05, 3.63) is 54.6 Å². The Morgan fingerprint density at radius 3 is 2.46 bits per heavy atom. The minimum atomic E-state index is -0.912. The van der Waals surface area contributed by atoms with Crippen LogP contribution in [0.2, 0.25) is 0 Å². The lowest BCUT2D eigenvalue weighted by Gasteiger charge is -2.03. The first kappa shape index (κ1) is 16.1. The Kier molecular flexibility index (Phi) is 4.86. The number of thioether (sulfide) groups is 1. The molecule has 5 nitrogen and oxygen atoms in total. The van der Waals surface area contributed by atoms with E-state index < -0.39 is 5.97 Å². The summed E-state index contributed by atoms with van der Waals surface area (Å²) in [7, 11) is 1.61. The van der Waals surface area contributed by atoms with Crippen molar-refractivity contribution < 1.29 is 19.1 Å². The molecule has 0 amide bonds. The molecular formula is C18H15NO4S. The summed E-state index contributed by atoms with van der Waals surface area (Å²) in [5.74, 6) is 0.361. The Hall–Kier alpha value is -2.73. The predicted molar refractivity (Wildman–Crippen MR) is 92.3 cm³/mol. The molecular weight excluding hydrogens is 326 g/mol. The molecule has 0 aliphatic carbocycles. The molecule has 0 spiro atoms. The Morgan fingerprint density at radius 2 is 1.83 bits per heavy atom. The molecule has 0 fully saturated rings. The number of rotatable bonds is 6. The summed E-state index contributed by atoms with van der Waals surface area (Å²) < 4.78 is 11.0. The van der Waals surface area contributed by atoms with Gasteiger partial charge in [0.25, 0.3) is 5.22 Å². The zero-order valence-electron chi connectivity index (χ0n) is 12.9. The van der Waals surface area contributed by atoms with Crippen LogP contribution in [0.15, 0.2) is 64.2 Å². The molecule has 122 valence electrons. The maximum atomic E-state index is 10.8. The first-order valence-electron chi connectivity index (χ1n) is 7.22. The van der Waals surface area contributed by atoms with E-state index in [2.05, 4.69) is 4.98 Å². The van der Waals surface area contributed by atoms with Gasteiger partial charge in [0.15, 0.2) is 5.76 Å². The fourth-order valence-corrected chi connectivity index (χ4v) is 2.76. The van der Waals surface area contributed by atoms with Crippen LogP contribution in [0.1, 0.15) is 0 Å². The molecule has 0 aliphatic heterocycles. The van der Waals surface area contributed by atoms with Crippen LogP contribution in [-0.4, -0.2) is 28.9 Å². The summed E-state index contributed by atoms with van der Waals surface area (Å²) in [5, 5.41) is 9.17. The third kappa shape index (κ3) is 3.60. The maximum Gasteiger partial charge on any atom is 0.314 e. The Balaban J connectivity index is 2.03. The summed E-state index contributed by atoms with van der Waals surface area (Å²) in [5.41, 5.74) is 2.44. The van der Waals surface area contributed by atoms with E-state index in [-0.39, 0.29) is 5.75 Å². The lowest BCUT2D eigenvalue weighted by atomic mass is 10.1. The summed E-state index contributed by atoms with van der Waals surface area (Å²) in [6, 6.07) is 17.1. The van der Waals surface area contributed by atoms with E-state index >= 15 is 0 Å². The van der Waals surface area contributed by atoms with E-state index in [1.165, 1.54) is 0 Å². The van der Waals surface area contributed by atoms with Crippen LogP contribution >= 0.6 is 11.8 Å². The second kappa shape index (κ2) is 7.23. The van der Waals surface area contributed by atoms with E-state index in [0.29, 0.717) is 16.7 Å². The highest BCUT2D eigenvalue weighted by Gasteiger charge is 2.18. The van der Waals surface area contributed by atoms with E-state index in [9.17, 15) is 4.79 Å². The molecule has 3 aromatic rings. The van der Waals surface area contributed by atoms with Crippen molar-refractivity contribution in [1.29, 1.82) is 0 Å². The van der Waals surface area contributed by atoms with Gasteiger partial charge in [-0.05, 0) is 24.3 Å². The number of aromatic nitrogens is 1. The quantitative estimate of drug-likeness (QED) is 0.678. The van der Waals surface area contributed by atoms with Gasteiger partial charge < -0.3 is 14.3 Å². The molecule has 0 aliphatic rings. The van der Waals surface area contributed by atoms with Crippen LogP contribution in [0, 0.1) is 0 Å². The number of aliphatic carboxylic acids is 1. The molecule has 1 N–H and O–H groups in total.